The second-order valence-corrected chi connectivity index (χ2v) is 28.7. The van der Waals surface area contributed by atoms with Crippen molar-refractivity contribution in [2.75, 3.05) is 9.80 Å². The van der Waals surface area contributed by atoms with Crippen LogP contribution >= 0.6 is 0 Å². The fraction of sp³-hybridized carbons (Fsp3) is 0.515. The van der Waals surface area contributed by atoms with Gasteiger partial charge < -0.3 is 14.2 Å². The van der Waals surface area contributed by atoms with Crippen molar-refractivity contribution >= 4 is 68.4 Å². The Hall–Kier alpha value is -4.70. The maximum atomic E-state index is 7.76. The minimum atomic E-state index is -0.0917. The fourth-order valence-electron chi connectivity index (χ4n) is 14.8. The average molecular weight is 929 g/mol. The zero-order valence-corrected chi connectivity index (χ0v) is 46.2. The Morgan fingerprint density at radius 2 is 0.800 bits per heavy atom. The summed E-state index contributed by atoms with van der Waals surface area (Å²) in [5.74, 6) is 0. The van der Waals surface area contributed by atoms with Crippen molar-refractivity contribution in [2.24, 2.45) is 0 Å². The lowest BCUT2D eigenvalue weighted by molar-refractivity contribution is 0.332. The van der Waals surface area contributed by atoms with Crippen LogP contribution in [0.25, 0.3) is 11.0 Å². The Labute approximate surface area is 422 Å². The molecule has 0 atom stereocenters. The van der Waals surface area contributed by atoms with E-state index in [1.807, 2.05) is 0 Å². The van der Waals surface area contributed by atoms with Gasteiger partial charge in [-0.2, -0.15) is 0 Å². The second-order valence-electron chi connectivity index (χ2n) is 28.7. The number of hydrogen-bond acceptors (Lipinski definition) is 3. The van der Waals surface area contributed by atoms with Crippen molar-refractivity contribution in [1.82, 2.24) is 0 Å². The maximum Gasteiger partial charge on any atom is 0.297 e. The summed E-state index contributed by atoms with van der Waals surface area (Å²) in [4.78, 5) is 5.40. The minimum Gasteiger partial charge on any atom is -0.468 e. The lowest BCUT2D eigenvalue weighted by atomic mass is 9.35. The number of fused-ring (bicyclic) bond motifs is 10. The Morgan fingerprint density at radius 3 is 1.27 bits per heavy atom. The summed E-state index contributed by atoms with van der Waals surface area (Å²) in [5.41, 5.74) is 26.4. The van der Waals surface area contributed by atoms with E-state index in [0.717, 1.165) is 17.7 Å². The average Bonchev–Trinajstić information content (AvgIpc) is 3.67. The Kier molecular flexibility index (Phi) is 9.47. The van der Waals surface area contributed by atoms with Crippen LogP contribution in [0.2, 0.25) is 0 Å². The van der Waals surface area contributed by atoms with Crippen molar-refractivity contribution in [2.45, 2.75) is 219 Å². The fourth-order valence-corrected chi connectivity index (χ4v) is 14.8. The van der Waals surface area contributed by atoms with E-state index in [4.69, 9.17) is 4.42 Å². The number of aryl methyl sites for hydroxylation is 1. The van der Waals surface area contributed by atoms with Crippen LogP contribution in [0.5, 0.6) is 0 Å². The highest BCUT2D eigenvalue weighted by atomic mass is 16.3. The van der Waals surface area contributed by atoms with E-state index in [2.05, 4.69) is 200 Å². The van der Waals surface area contributed by atoms with E-state index < -0.39 is 0 Å². The smallest absolute Gasteiger partial charge is 0.297 e. The highest BCUT2D eigenvalue weighted by Crippen LogP contribution is 2.56. The molecule has 0 saturated heterocycles. The van der Waals surface area contributed by atoms with Crippen molar-refractivity contribution in [3.63, 3.8) is 0 Å². The lowest BCUT2D eigenvalue weighted by Crippen LogP contribution is -2.61. The Morgan fingerprint density at radius 1 is 0.414 bits per heavy atom. The quantitative estimate of drug-likeness (QED) is 0.165. The van der Waals surface area contributed by atoms with E-state index in [1.165, 1.54) is 152 Å². The SMILES string of the molecule is CCc1cc2c3c(c1)N(c1ccc4c(c1)C(C)(C)CCC4(C)C)c1c(oc4cc5c(cc14)C(C)(C)CCC5(C)C)B3c1cc3c(cc1N2c1ccc2c(c1)C(C)(C)CCC2(C)C)C(C)(C)CCC3(C)C. The number of hydrogen-bond donors (Lipinski definition) is 0. The standard InChI is InChI=1S/C66H81BN2O/c1-18-39-31-53-56-54(32-39)69(41-20-22-44-46(34-41)62(8,9)26-24-60(44,4)5)57-42-35-47-50(66(16,17)30-27-63(47,10)11)38-55(42)70-58(57)67(56)51-36-48-49(65(14,15)29-28-64(48,12)13)37-52(51)68(53)40-19-21-43-45(33-40)61(6,7)25-23-59(43,2)3/h19-22,31-38H,18,23-30H2,1-17H3. The van der Waals surface area contributed by atoms with Gasteiger partial charge in [-0.3, -0.25) is 0 Å². The molecule has 364 valence electrons. The molecule has 1 aromatic heterocycles. The topological polar surface area (TPSA) is 19.6 Å². The van der Waals surface area contributed by atoms with Gasteiger partial charge >= 0.3 is 0 Å². The summed E-state index contributed by atoms with van der Waals surface area (Å²) in [5, 5.41) is 1.24. The number of rotatable bonds is 3. The molecule has 4 aliphatic carbocycles. The molecule has 4 heteroatoms. The molecule has 0 spiro atoms. The number of benzene rings is 5. The second kappa shape index (κ2) is 14.3. The molecule has 12 rings (SSSR count). The van der Waals surface area contributed by atoms with Crippen LogP contribution in [0.15, 0.2) is 77.2 Å². The third-order valence-corrected chi connectivity index (χ3v) is 20.3. The van der Waals surface area contributed by atoms with Gasteiger partial charge in [0.2, 0.25) is 0 Å². The first-order valence-electron chi connectivity index (χ1n) is 27.4. The predicted molar refractivity (Wildman–Crippen MR) is 301 cm³/mol. The van der Waals surface area contributed by atoms with Gasteiger partial charge in [0.15, 0.2) is 0 Å². The summed E-state index contributed by atoms with van der Waals surface area (Å²) in [7, 11) is 0. The molecule has 6 aromatic rings. The number of furan rings is 1. The largest absolute Gasteiger partial charge is 0.468 e. The van der Waals surface area contributed by atoms with Gasteiger partial charge in [0.25, 0.3) is 6.71 Å². The van der Waals surface area contributed by atoms with Crippen LogP contribution in [-0.2, 0) is 49.7 Å². The van der Waals surface area contributed by atoms with Crippen LogP contribution in [0.4, 0.5) is 34.1 Å². The van der Waals surface area contributed by atoms with Gasteiger partial charge in [-0.15, -0.1) is 0 Å². The molecule has 6 aliphatic rings. The van der Waals surface area contributed by atoms with Gasteiger partial charge in [-0.1, -0.05) is 136 Å². The molecule has 0 fully saturated rings. The van der Waals surface area contributed by atoms with Crippen molar-refractivity contribution < 1.29 is 4.42 Å². The maximum absolute atomic E-state index is 7.76. The first kappa shape index (κ1) is 46.4. The van der Waals surface area contributed by atoms with Gasteiger partial charge in [0.05, 0.1) is 11.3 Å². The summed E-state index contributed by atoms with van der Waals surface area (Å²) < 4.78 is 7.76. The highest BCUT2D eigenvalue weighted by molar-refractivity contribution is 7.00. The molecule has 0 bridgehead atoms. The molecule has 3 nitrogen and oxygen atoms in total. The van der Waals surface area contributed by atoms with Gasteiger partial charge in [-0.05, 0) is 217 Å². The van der Waals surface area contributed by atoms with Crippen LogP contribution in [0.3, 0.4) is 0 Å². The summed E-state index contributed by atoms with van der Waals surface area (Å²) in [6.45, 7) is 41.8. The molecule has 0 unspecified atom stereocenters. The lowest BCUT2D eigenvalue weighted by Gasteiger charge is -2.47. The molecule has 0 amide bonds. The third-order valence-electron chi connectivity index (χ3n) is 20.3. The highest BCUT2D eigenvalue weighted by Gasteiger charge is 2.51. The van der Waals surface area contributed by atoms with Crippen molar-refractivity contribution in [1.29, 1.82) is 0 Å². The monoisotopic (exact) mass is 929 g/mol. The molecule has 0 N–H and O–H groups in total. The molecular formula is C66H81BN2O. The van der Waals surface area contributed by atoms with Gasteiger partial charge in [-0.25, -0.2) is 0 Å². The van der Waals surface area contributed by atoms with Gasteiger partial charge in [0, 0.05) is 33.8 Å². The van der Waals surface area contributed by atoms with Crippen LogP contribution in [0.1, 0.15) is 219 Å². The van der Waals surface area contributed by atoms with Gasteiger partial charge in [0.1, 0.15) is 5.58 Å². The normalized spacial score (nSPS) is 22.8. The van der Waals surface area contributed by atoms with Crippen molar-refractivity contribution in [3.8, 4) is 0 Å². The molecular weight excluding hydrogens is 848 g/mol. The molecule has 70 heavy (non-hydrogen) atoms. The first-order valence-corrected chi connectivity index (χ1v) is 27.4. The molecule has 3 heterocycles. The molecule has 2 aliphatic heterocycles. The van der Waals surface area contributed by atoms with E-state index >= 15 is 0 Å². The summed E-state index contributed by atoms with van der Waals surface area (Å²) >= 11 is 0. The van der Waals surface area contributed by atoms with Crippen molar-refractivity contribution in [3.05, 3.63) is 123 Å². The summed E-state index contributed by atoms with van der Waals surface area (Å²) in [6.07, 6.45) is 10.4. The van der Waals surface area contributed by atoms with E-state index in [0.29, 0.717) is 0 Å². The zero-order chi connectivity index (χ0) is 49.8. The molecule has 0 saturated carbocycles. The molecule has 5 aromatic carbocycles. The number of nitrogens with zero attached hydrogens (tertiary/aromatic N) is 2. The number of anilines is 6. The van der Waals surface area contributed by atoms with E-state index in [-0.39, 0.29) is 50.0 Å². The molecule has 0 radical (unpaired) electrons. The Bertz CT molecular complexity index is 3240. The van der Waals surface area contributed by atoms with Crippen LogP contribution in [0, 0.1) is 0 Å². The predicted octanol–water partition coefficient (Wildman–Crippen LogP) is 16.5. The van der Waals surface area contributed by atoms with E-state index in [9.17, 15) is 0 Å². The van der Waals surface area contributed by atoms with E-state index in [1.54, 1.807) is 0 Å². The zero-order valence-electron chi connectivity index (χ0n) is 46.2. The first-order chi connectivity index (χ1) is 32.6. The Balaban J connectivity index is 1.23. The minimum absolute atomic E-state index is 0.0403. The summed E-state index contributed by atoms with van der Waals surface area (Å²) in [6, 6.07) is 30.7. The van der Waals surface area contributed by atoms with Crippen LogP contribution < -0.4 is 26.4 Å². The van der Waals surface area contributed by atoms with Crippen LogP contribution in [-0.4, -0.2) is 6.71 Å². The third kappa shape index (κ3) is 6.44.